The fraction of sp³-hybridized carbons (Fsp3) is 0.450. The van der Waals surface area contributed by atoms with Crippen molar-refractivity contribution in [3.05, 3.63) is 46.2 Å². The summed E-state index contributed by atoms with van der Waals surface area (Å²) in [5, 5.41) is 0.786. The molecular weight excluding hydrogens is 344 g/mol. The summed E-state index contributed by atoms with van der Waals surface area (Å²) in [6, 6.07) is 8.90. The van der Waals surface area contributed by atoms with Gasteiger partial charge in [0.1, 0.15) is 0 Å². The van der Waals surface area contributed by atoms with E-state index in [0.29, 0.717) is 31.7 Å². The lowest BCUT2D eigenvalue weighted by Gasteiger charge is -2.23. The molecule has 7 nitrogen and oxygen atoms in total. The van der Waals surface area contributed by atoms with E-state index in [1.54, 1.807) is 35.5 Å². The van der Waals surface area contributed by atoms with Crippen LogP contribution in [0.25, 0.3) is 10.9 Å². The molecule has 0 unspecified atom stereocenters. The first kappa shape index (κ1) is 19.1. The van der Waals surface area contributed by atoms with Crippen LogP contribution >= 0.6 is 0 Å². The third-order valence-electron chi connectivity index (χ3n) is 5.12. The molecule has 1 saturated heterocycles. The summed E-state index contributed by atoms with van der Waals surface area (Å²) < 4.78 is 1.56. The second kappa shape index (κ2) is 7.92. The molecule has 1 aliphatic rings. The van der Waals surface area contributed by atoms with Gasteiger partial charge in [0.05, 0.1) is 17.6 Å². The Morgan fingerprint density at radius 3 is 2.56 bits per heavy atom. The molecule has 0 saturated carbocycles. The lowest BCUT2D eigenvalue weighted by Crippen LogP contribution is -2.39. The van der Waals surface area contributed by atoms with Crippen LogP contribution in [0.4, 0.5) is 0 Å². The summed E-state index contributed by atoms with van der Waals surface area (Å²) in [5.41, 5.74) is 1.01. The summed E-state index contributed by atoms with van der Waals surface area (Å²) in [6.45, 7) is 2.96. The van der Waals surface area contributed by atoms with Gasteiger partial charge in [-0.25, -0.2) is 0 Å². The molecular formula is C20H26N4O3. The minimum Gasteiger partial charge on any atom is -0.348 e. The first-order valence-electron chi connectivity index (χ1n) is 9.19. The highest BCUT2D eigenvalue weighted by Crippen LogP contribution is 2.19. The van der Waals surface area contributed by atoms with E-state index in [-0.39, 0.29) is 17.4 Å². The van der Waals surface area contributed by atoms with Crippen molar-refractivity contribution in [2.75, 3.05) is 46.8 Å². The van der Waals surface area contributed by atoms with Gasteiger partial charge in [-0.15, -0.1) is 0 Å². The van der Waals surface area contributed by atoms with Crippen molar-refractivity contribution in [1.29, 1.82) is 0 Å². The van der Waals surface area contributed by atoms with Crippen LogP contribution in [-0.2, 0) is 11.8 Å². The van der Waals surface area contributed by atoms with Crippen molar-refractivity contribution in [3.8, 4) is 0 Å². The van der Waals surface area contributed by atoms with E-state index >= 15 is 0 Å². The SMILES string of the molecule is CN(C)C(=O)CN1CCCN(C(=O)c2cc(=O)n(C)c3ccccc23)CC1. The molecule has 1 aromatic heterocycles. The van der Waals surface area contributed by atoms with Crippen molar-refractivity contribution in [3.63, 3.8) is 0 Å². The Kier molecular flexibility index (Phi) is 5.60. The number of pyridine rings is 1. The molecule has 144 valence electrons. The zero-order chi connectivity index (χ0) is 19.6. The van der Waals surface area contributed by atoms with E-state index in [4.69, 9.17) is 0 Å². The van der Waals surface area contributed by atoms with Crippen molar-refractivity contribution >= 4 is 22.7 Å². The molecule has 0 bridgehead atoms. The van der Waals surface area contributed by atoms with E-state index in [1.807, 2.05) is 24.3 Å². The maximum atomic E-state index is 13.2. The summed E-state index contributed by atoms with van der Waals surface area (Å²) in [7, 11) is 5.21. The topological polar surface area (TPSA) is 65.9 Å². The molecule has 1 fully saturated rings. The Bertz CT molecular complexity index is 919. The maximum absolute atomic E-state index is 13.2. The standard InChI is InChI=1S/C20H26N4O3/c1-21(2)19(26)14-23-9-6-10-24(12-11-23)20(27)16-13-18(25)22(3)17-8-5-4-7-15(16)17/h4-5,7-8,13H,6,9-12,14H2,1-3H3. The number of carbonyl (C=O) groups excluding carboxylic acids is 2. The second-order valence-corrected chi connectivity index (χ2v) is 7.18. The van der Waals surface area contributed by atoms with Gasteiger partial charge in [-0.1, -0.05) is 18.2 Å². The third kappa shape index (κ3) is 4.03. The molecule has 0 N–H and O–H groups in total. The first-order chi connectivity index (χ1) is 12.9. The molecule has 2 aromatic rings. The fourth-order valence-electron chi connectivity index (χ4n) is 3.42. The minimum absolute atomic E-state index is 0.0623. The zero-order valence-corrected chi connectivity index (χ0v) is 16.1. The number of para-hydroxylation sites is 1. The van der Waals surface area contributed by atoms with Crippen LogP contribution in [0, 0.1) is 0 Å². The van der Waals surface area contributed by atoms with Gasteiger partial charge in [0, 0.05) is 58.8 Å². The van der Waals surface area contributed by atoms with E-state index in [1.165, 1.54) is 6.07 Å². The fourth-order valence-corrected chi connectivity index (χ4v) is 3.42. The average Bonchev–Trinajstić information content (AvgIpc) is 2.89. The van der Waals surface area contributed by atoms with Crippen molar-refractivity contribution in [2.24, 2.45) is 7.05 Å². The molecule has 0 aliphatic carbocycles. The summed E-state index contributed by atoms with van der Waals surface area (Å²) in [6.07, 6.45) is 0.801. The number of hydrogen-bond donors (Lipinski definition) is 0. The average molecular weight is 370 g/mol. The number of hydrogen-bond acceptors (Lipinski definition) is 4. The quantitative estimate of drug-likeness (QED) is 0.801. The number of benzene rings is 1. The number of amides is 2. The molecule has 1 aliphatic heterocycles. The molecule has 1 aromatic carbocycles. The van der Waals surface area contributed by atoms with Gasteiger partial charge >= 0.3 is 0 Å². The molecule has 7 heteroatoms. The van der Waals surface area contributed by atoms with Crippen LogP contribution in [0.2, 0.25) is 0 Å². The normalized spacial score (nSPS) is 15.6. The first-order valence-corrected chi connectivity index (χ1v) is 9.19. The van der Waals surface area contributed by atoms with Crippen molar-refractivity contribution in [1.82, 2.24) is 19.3 Å². The maximum Gasteiger partial charge on any atom is 0.254 e. The zero-order valence-electron chi connectivity index (χ0n) is 16.1. The lowest BCUT2D eigenvalue weighted by molar-refractivity contribution is -0.129. The molecule has 0 spiro atoms. The predicted octanol–water partition coefficient (Wildman–Crippen LogP) is 0.775. The lowest BCUT2D eigenvalue weighted by atomic mass is 10.1. The largest absolute Gasteiger partial charge is 0.348 e. The predicted molar refractivity (Wildman–Crippen MR) is 105 cm³/mol. The minimum atomic E-state index is -0.190. The van der Waals surface area contributed by atoms with E-state index < -0.39 is 0 Å². The Morgan fingerprint density at radius 2 is 1.81 bits per heavy atom. The van der Waals surface area contributed by atoms with Gasteiger partial charge in [0.15, 0.2) is 0 Å². The molecule has 0 atom stereocenters. The smallest absolute Gasteiger partial charge is 0.254 e. The van der Waals surface area contributed by atoms with Crippen LogP contribution in [0.15, 0.2) is 35.1 Å². The monoisotopic (exact) mass is 370 g/mol. The molecule has 3 rings (SSSR count). The van der Waals surface area contributed by atoms with Gasteiger partial charge in [-0.3, -0.25) is 19.3 Å². The van der Waals surface area contributed by atoms with Crippen LogP contribution < -0.4 is 5.56 Å². The van der Waals surface area contributed by atoms with Crippen molar-refractivity contribution < 1.29 is 9.59 Å². The van der Waals surface area contributed by atoms with Gasteiger partial charge in [0.2, 0.25) is 5.91 Å². The van der Waals surface area contributed by atoms with Crippen LogP contribution in [0.5, 0.6) is 0 Å². The number of carbonyl (C=O) groups is 2. The number of rotatable bonds is 3. The number of aryl methyl sites for hydroxylation is 1. The van der Waals surface area contributed by atoms with Gasteiger partial charge < -0.3 is 14.4 Å². The molecule has 0 radical (unpaired) electrons. The number of aromatic nitrogens is 1. The Labute approximate surface area is 158 Å². The van der Waals surface area contributed by atoms with Gasteiger partial charge in [-0.2, -0.15) is 0 Å². The molecule has 2 amide bonds. The van der Waals surface area contributed by atoms with E-state index in [2.05, 4.69) is 4.90 Å². The van der Waals surface area contributed by atoms with E-state index in [0.717, 1.165) is 23.9 Å². The van der Waals surface area contributed by atoms with Crippen LogP contribution in [0.3, 0.4) is 0 Å². The molecule has 27 heavy (non-hydrogen) atoms. The van der Waals surface area contributed by atoms with Crippen LogP contribution in [0.1, 0.15) is 16.8 Å². The highest BCUT2D eigenvalue weighted by Gasteiger charge is 2.23. The Morgan fingerprint density at radius 1 is 1.07 bits per heavy atom. The van der Waals surface area contributed by atoms with Crippen molar-refractivity contribution in [2.45, 2.75) is 6.42 Å². The highest BCUT2D eigenvalue weighted by molar-refractivity contribution is 6.06. The Hall–Kier alpha value is -2.67. The Balaban J connectivity index is 1.81. The van der Waals surface area contributed by atoms with Gasteiger partial charge in [-0.05, 0) is 12.5 Å². The summed E-state index contributed by atoms with van der Waals surface area (Å²) >= 11 is 0. The summed E-state index contributed by atoms with van der Waals surface area (Å²) in [5.74, 6) is -0.0583. The number of nitrogens with zero attached hydrogens (tertiary/aromatic N) is 4. The second-order valence-electron chi connectivity index (χ2n) is 7.18. The van der Waals surface area contributed by atoms with Crippen LogP contribution in [-0.4, -0.2) is 77.9 Å². The third-order valence-corrected chi connectivity index (χ3v) is 5.12. The summed E-state index contributed by atoms with van der Waals surface area (Å²) in [4.78, 5) is 42.8. The number of likely N-dealkylation sites (N-methyl/N-ethyl adjacent to an activating group) is 1. The van der Waals surface area contributed by atoms with E-state index in [9.17, 15) is 14.4 Å². The number of fused-ring (bicyclic) bond motifs is 1. The molecule has 2 heterocycles. The van der Waals surface area contributed by atoms with Gasteiger partial charge in [0.25, 0.3) is 11.5 Å². The highest BCUT2D eigenvalue weighted by atomic mass is 16.2.